The molecular formula is C22H23ClFN5O2S. The Morgan fingerprint density at radius 1 is 1.47 bits per heavy atom. The second-order valence-corrected chi connectivity index (χ2v) is 8.31. The Bertz CT molecular complexity index is 1080. The van der Waals surface area contributed by atoms with E-state index in [-0.39, 0.29) is 24.1 Å². The van der Waals surface area contributed by atoms with Crippen LogP contribution in [0, 0.1) is 17.1 Å². The van der Waals surface area contributed by atoms with Crippen molar-refractivity contribution < 1.29 is 13.9 Å². The number of nitriles is 1. The second-order valence-electron chi connectivity index (χ2n) is 7.00. The molecule has 1 N–H and O–H groups in total. The van der Waals surface area contributed by atoms with Gasteiger partial charge in [0.1, 0.15) is 17.9 Å². The second kappa shape index (κ2) is 10.7. The van der Waals surface area contributed by atoms with Crippen molar-refractivity contribution in [3.05, 3.63) is 62.5 Å². The zero-order valence-electron chi connectivity index (χ0n) is 17.9. The maximum absolute atomic E-state index is 13.6. The number of aliphatic imine (C=N–C) groups is 1. The molecule has 1 aromatic heterocycles. The van der Waals surface area contributed by atoms with Gasteiger partial charge in [-0.3, -0.25) is 14.7 Å². The Balaban J connectivity index is 2.04. The average molecular weight is 476 g/mol. The van der Waals surface area contributed by atoms with Gasteiger partial charge in [0.2, 0.25) is 0 Å². The van der Waals surface area contributed by atoms with Crippen molar-refractivity contribution in [3.63, 3.8) is 0 Å². The highest BCUT2D eigenvalue weighted by Crippen LogP contribution is 2.35. The van der Waals surface area contributed by atoms with E-state index < -0.39 is 17.9 Å². The monoisotopic (exact) mass is 475 g/mol. The van der Waals surface area contributed by atoms with Crippen molar-refractivity contribution in [2.45, 2.75) is 32.9 Å². The number of esters is 1. The summed E-state index contributed by atoms with van der Waals surface area (Å²) in [5.41, 5.74) is 1.43. The van der Waals surface area contributed by atoms with Crippen molar-refractivity contribution in [3.8, 4) is 6.07 Å². The number of amidine groups is 1. The fourth-order valence-electron chi connectivity index (χ4n) is 3.39. The first-order chi connectivity index (χ1) is 15.4. The minimum absolute atomic E-state index is 0.179. The summed E-state index contributed by atoms with van der Waals surface area (Å²) in [5.74, 6) is -0.324. The number of ether oxygens (including phenoxy) is 1. The van der Waals surface area contributed by atoms with Crippen LogP contribution >= 0.6 is 22.9 Å². The lowest BCUT2D eigenvalue weighted by molar-refractivity contribution is -0.148. The lowest BCUT2D eigenvalue weighted by Gasteiger charge is -2.31. The van der Waals surface area contributed by atoms with E-state index in [1.165, 1.54) is 29.5 Å². The van der Waals surface area contributed by atoms with Crippen LogP contribution in [0.1, 0.15) is 37.4 Å². The molecule has 0 bridgehead atoms. The minimum Gasteiger partial charge on any atom is -0.465 e. The van der Waals surface area contributed by atoms with E-state index >= 15 is 0 Å². The van der Waals surface area contributed by atoms with Gasteiger partial charge in [0.05, 0.1) is 18.2 Å². The Morgan fingerprint density at radius 2 is 2.25 bits per heavy atom. The largest absolute Gasteiger partial charge is 0.465 e. The molecule has 1 aromatic carbocycles. The number of carbonyl (C=O) groups excluding carboxylic acids is 1. The normalized spacial score (nSPS) is 16.9. The van der Waals surface area contributed by atoms with Gasteiger partial charge in [0, 0.05) is 34.4 Å². The van der Waals surface area contributed by atoms with Gasteiger partial charge in [-0.1, -0.05) is 24.6 Å². The molecule has 1 aliphatic rings. The number of hydrogen-bond donors (Lipinski definition) is 1. The van der Waals surface area contributed by atoms with E-state index in [0.717, 1.165) is 0 Å². The number of benzene rings is 1. The van der Waals surface area contributed by atoms with Gasteiger partial charge in [-0.2, -0.15) is 5.26 Å². The topological polar surface area (TPSA) is 90.6 Å². The smallest absolute Gasteiger partial charge is 0.323 e. The molecule has 2 heterocycles. The van der Waals surface area contributed by atoms with Crippen LogP contribution in [0.15, 0.2) is 46.0 Å². The molecule has 168 valence electrons. The number of aromatic nitrogens is 1. The van der Waals surface area contributed by atoms with Crippen molar-refractivity contribution in [2.75, 3.05) is 19.7 Å². The molecule has 1 aliphatic heterocycles. The molecule has 2 atom stereocenters. The third-order valence-corrected chi connectivity index (χ3v) is 6.19. The first-order valence-corrected chi connectivity index (χ1v) is 11.4. The van der Waals surface area contributed by atoms with Crippen molar-refractivity contribution in [2.24, 2.45) is 4.99 Å². The van der Waals surface area contributed by atoms with Crippen LogP contribution < -0.4 is 5.32 Å². The molecular weight excluding hydrogens is 453 g/mol. The predicted octanol–water partition coefficient (Wildman–Crippen LogP) is 4.08. The van der Waals surface area contributed by atoms with Gasteiger partial charge in [0.25, 0.3) is 0 Å². The van der Waals surface area contributed by atoms with Crippen LogP contribution in [0.4, 0.5) is 4.39 Å². The number of halogens is 2. The predicted molar refractivity (Wildman–Crippen MR) is 122 cm³/mol. The maximum Gasteiger partial charge on any atom is 0.323 e. The summed E-state index contributed by atoms with van der Waals surface area (Å²) in [7, 11) is 0. The van der Waals surface area contributed by atoms with Crippen LogP contribution in [0.5, 0.6) is 0 Å². The van der Waals surface area contributed by atoms with Crippen molar-refractivity contribution in [1.29, 1.82) is 5.26 Å². The van der Waals surface area contributed by atoms with Gasteiger partial charge < -0.3 is 10.1 Å². The molecule has 0 amide bonds. The van der Waals surface area contributed by atoms with Crippen LogP contribution in [0.2, 0.25) is 5.02 Å². The molecule has 0 saturated heterocycles. The summed E-state index contributed by atoms with van der Waals surface area (Å²) < 4.78 is 18.8. The van der Waals surface area contributed by atoms with E-state index in [1.807, 2.05) is 17.2 Å². The Labute approximate surface area is 195 Å². The Kier molecular flexibility index (Phi) is 7.96. The lowest BCUT2D eigenvalue weighted by Crippen LogP contribution is -2.44. The average Bonchev–Trinajstić information content (AvgIpc) is 3.31. The summed E-state index contributed by atoms with van der Waals surface area (Å²) in [6.45, 7) is 6.57. The number of hydrogen-bond acceptors (Lipinski definition) is 8. The van der Waals surface area contributed by atoms with Crippen LogP contribution in [-0.2, 0) is 9.53 Å². The van der Waals surface area contributed by atoms with Crippen molar-refractivity contribution in [1.82, 2.24) is 15.2 Å². The molecule has 0 radical (unpaired) electrons. The summed E-state index contributed by atoms with van der Waals surface area (Å²) in [6, 6.07) is 5.01. The molecule has 3 rings (SSSR count). The molecule has 10 heteroatoms. The highest BCUT2D eigenvalue weighted by Gasteiger charge is 2.31. The summed E-state index contributed by atoms with van der Waals surface area (Å²) in [4.78, 5) is 23.2. The zero-order valence-corrected chi connectivity index (χ0v) is 19.5. The molecule has 2 unspecified atom stereocenters. The van der Waals surface area contributed by atoms with Gasteiger partial charge in [-0.25, -0.2) is 9.37 Å². The van der Waals surface area contributed by atoms with E-state index in [9.17, 15) is 14.4 Å². The van der Waals surface area contributed by atoms with E-state index in [0.29, 0.717) is 34.2 Å². The van der Waals surface area contributed by atoms with E-state index in [2.05, 4.69) is 21.4 Å². The molecule has 2 aromatic rings. The standard InChI is InChI=1S/C22H23ClFN5O2S/c1-4-29(13(3)22(30)31-5-2)12-18-16(11-25)19(15-7-6-14(24)10-17(15)23)28-20(27-18)21-26-8-9-32-21/h6-10,13,19H,4-5,12H2,1-3H3,(H,27,28). The minimum atomic E-state index is -0.736. The van der Waals surface area contributed by atoms with Crippen LogP contribution in [0.3, 0.4) is 0 Å². The number of rotatable bonds is 8. The number of likely N-dealkylation sites (N-methyl/N-ethyl adjacent to an activating group) is 1. The van der Waals surface area contributed by atoms with Gasteiger partial charge in [-0.05, 0) is 32.5 Å². The third kappa shape index (κ3) is 5.15. The summed E-state index contributed by atoms with van der Waals surface area (Å²) >= 11 is 7.71. The molecule has 32 heavy (non-hydrogen) atoms. The van der Waals surface area contributed by atoms with Crippen LogP contribution in [-0.4, -0.2) is 47.4 Å². The number of thiazole rings is 1. The van der Waals surface area contributed by atoms with Crippen molar-refractivity contribution >= 4 is 34.7 Å². The Hall–Kier alpha value is -2.80. The summed E-state index contributed by atoms with van der Waals surface area (Å²) in [5, 5.41) is 15.9. The lowest BCUT2D eigenvalue weighted by atomic mass is 9.96. The third-order valence-electron chi connectivity index (χ3n) is 5.08. The van der Waals surface area contributed by atoms with Gasteiger partial charge >= 0.3 is 5.97 Å². The van der Waals surface area contributed by atoms with Gasteiger partial charge in [-0.15, -0.1) is 11.3 Å². The molecule has 7 nitrogen and oxygen atoms in total. The fourth-order valence-corrected chi connectivity index (χ4v) is 4.25. The van der Waals surface area contributed by atoms with E-state index in [1.54, 1.807) is 20.0 Å². The van der Waals surface area contributed by atoms with Gasteiger partial charge in [0.15, 0.2) is 10.8 Å². The zero-order chi connectivity index (χ0) is 23.3. The number of carbonyl (C=O) groups is 1. The van der Waals surface area contributed by atoms with E-state index in [4.69, 9.17) is 16.3 Å². The highest BCUT2D eigenvalue weighted by molar-refractivity contribution is 7.11. The molecule has 0 fully saturated rings. The maximum atomic E-state index is 13.6. The highest BCUT2D eigenvalue weighted by atomic mass is 35.5. The first-order valence-electron chi connectivity index (χ1n) is 10.1. The SMILES string of the molecule is CCOC(=O)C(C)N(CC)CC1=C(C#N)C(c2ccc(F)cc2Cl)N=C(c2nccs2)N1. The molecule has 0 spiro atoms. The Morgan fingerprint density at radius 3 is 2.84 bits per heavy atom. The van der Waals surface area contributed by atoms with Crippen LogP contribution in [0.25, 0.3) is 0 Å². The summed E-state index contributed by atoms with van der Waals surface area (Å²) in [6.07, 6.45) is 1.66. The first kappa shape index (κ1) is 23.9. The molecule has 0 saturated carbocycles. The fraction of sp³-hybridized carbons (Fsp3) is 0.364. The quantitative estimate of drug-likeness (QED) is 0.578. The number of nitrogens with one attached hydrogen (secondary N) is 1. The number of nitrogens with zero attached hydrogens (tertiary/aromatic N) is 4. The molecule has 0 aliphatic carbocycles.